The van der Waals surface area contributed by atoms with E-state index in [0.29, 0.717) is 6.61 Å². The van der Waals surface area contributed by atoms with Gasteiger partial charge in [-0.2, -0.15) is 0 Å². The molecule has 2 aliphatic heterocycles. The molecule has 2 saturated heterocycles. The summed E-state index contributed by atoms with van der Waals surface area (Å²) in [4.78, 5) is 0. The molecule has 0 radical (unpaired) electrons. The predicted molar refractivity (Wildman–Crippen MR) is 67.5 cm³/mol. The van der Waals surface area contributed by atoms with Gasteiger partial charge in [0.25, 0.3) is 0 Å². The second kappa shape index (κ2) is 5.14. The van der Waals surface area contributed by atoms with E-state index in [0.717, 1.165) is 31.4 Å². The van der Waals surface area contributed by atoms with Crippen LogP contribution in [0.2, 0.25) is 0 Å². The second-order valence-electron chi connectivity index (χ2n) is 5.86. The lowest BCUT2D eigenvalue weighted by Crippen LogP contribution is -2.32. The third kappa shape index (κ3) is 2.85. The molecule has 0 amide bonds. The third-order valence-electron chi connectivity index (χ3n) is 3.81. The number of hydrogen-bond donors (Lipinski definition) is 1. The van der Waals surface area contributed by atoms with Gasteiger partial charge in [-0.1, -0.05) is 0 Å². The van der Waals surface area contributed by atoms with E-state index in [-0.39, 0.29) is 18.5 Å². The maximum absolute atomic E-state index is 10.2. The lowest BCUT2D eigenvalue weighted by Gasteiger charge is -2.24. The number of fused-ring (bicyclic) bond motifs is 1. The quantitative estimate of drug-likeness (QED) is 0.785. The third-order valence-corrected chi connectivity index (χ3v) is 3.81. The van der Waals surface area contributed by atoms with Crippen molar-refractivity contribution in [1.29, 1.82) is 0 Å². The molecule has 3 aliphatic rings. The van der Waals surface area contributed by atoms with Gasteiger partial charge in [-0.25, -0.2) is 0 Å². The normalized spacial score (nSPS) is 41.1. The van der Waals surface area contributed by atoms with Crippen molar-refractivity contribution < 1.29 is 24.1 Å². The Balaban J connectivity index is 1.54. The van der Waals surface area contributed by atoms with Crippen LogP contribution >= 0.6 is 0 Å². The van der Waals surface area contributed by atoms with Crippen LogP contribution in [0.1, 0.15) is 33.1 Å². The van der Waals surface area contributed by atoms with Crippen LogP contribution in [0.3, 0.4) is 0 Å². The fourth-order valence-corrected chi connectivity index (χ4v) is 2.88. The minimum atomic E-state index is -0.643. The summed E-state index contributed by atoms with van der Waals surface area (Å²) in [5, 5.41) is 10.2. The van der Waals surface area contributed by atoms with Crippen LogP contribution in [0.25, 0.3) is 0 Å². The molecule has 5 heteroatoms. The Morgan fingerprint density at radius 2 is 2.21 bits per heavy atom. The Bertz CT molecular complexity index is 359. The Hall–Kier alpha value is -0.460. The number of hydrogen-bond acceptors (Lipinski definition) is 5. The van der Waals surface area contributed by atoms with Crippen LogP contribution < -0.4 is 0 Å². The van der Waals surface area contributed by atoms with Gasteiger partial charge in [0, 0.05) is 6.61 Å². The largest absolute Gasteiger partial charge is 0.386 e. The summed E-state index contributed by atoms with van der Waals surface area (Å²) < 4.78 is 22.6. The number of rotatable bonds is 3. The molecule has 1 aliphatic carbocycles. The van der Waals surface area contributed by atoms with Crippen LogP contribution in [0.15, 0.2) is 11.6 Å². The van der Waals surface area contributed by atoms with Gasteiger partial charge in [0.05, 0.1) is 6.61 Å². The van der Waals surface area contributed by atoms with Crippen LogP contribution in [-0.4, -0.2) is 48.7 Å². The van der Waals surface area contributed by atoms with E-state index in [9.17, 15) is 5.11 Å². The molecule has 0 saturated carbocycles. The highest BCUT2D eigenvalue weighted by Gasteiger charge is 2.48. The monoisotopic (exact) mass is 270 g/mol. The van der Waals surface area contributed by atoms with Gasteiger partial charge in [0.15, 0.2) is 12.1 Å². The first-order chi connectivity index (χ1) is 9.05. The zero-order valence-corrected chi connectivity index (χ0v) is 11.5. The molecule has 0 aromatic heterocycles. The molecule has 0 spiro atoms. The summed E-state index contributed by atoms with van der Waals surface area (Å²) in [6, 6.07) is 0. The van der Waals surface area contributed by atoms with E-state index in [1.165, 1.54) is 0 Å². The summed E-state index contributed by atoms with van der Waals surface area (Å²) in [6.07, 6.45) is 3.83. The van der Waals surface area contributed by atoms with Crippen molar-refractivity contribution in [1.82, 2.24) is 0 Å². The van der Waals surface area contributed by atoms with E-state index >= 15 is 0 Å². The molecular formula is C14H22O5. The number of aliphatic hydroxyl groups is 1. The molecule has 2 fully saturated rings. The van der Waals surface area contributed by atoms with Crippen molar-refractivity contribution in [3.05, 3.63) is 11.6 Å². The van der Waals surface area contributed by atoms with E-state index in [1.54, 1.807) is 0 Å². The van der Waals surface area contributed by atoms with E-state index < -0.39 is 11.9 Å². The molecule has 19 heavy (non-hydrogen) atoms. The highest BCUT2D eigenvalue weighted by molar-refractivity contribution is 5.24. The Morgan fingerprint density at radius 3 is 2.89 bits per heavy atom. The molecule has 5 nitrogen and oxygen atoms in total. The standard InChI is InChI=1S/C14H22O5/c1-14(2)18-10-7-9(12(15)13(10)19-14)8-17-11-5-3-4-6-16-11/h7,10-13,15H,3-6,8H2,1-2H3/t10-,11?,12+,13-/m0/s1. The van der Waals surface area contributed by atoms with Gasteiger partial charge in [-0.15, -0.1) is 0 Å². The number of ether oxygens (including phenoxy) is 4. The molecule has 0 aromatic rings. The lowest BCUT2D eigenvalue weighted by molar-refractivity contribution is -0.165. The molecule has 2 heterocycles. The maximum atomic E-state index is 10.2. The van der Waals surface area contributed by atoms with E-state index in [2.05, 4.69) is 0 Å². The topological polar surface area (TPSA) is 57.2 Å². The molecular weight excluding hydrogens is 248 g/mol. The molecule has 1 unspecified atom stereocenters. The lowest BCUT2D eigenvalue weighted by atomic mass is 10.1. The first kappa shape index (κ1) is 13.5. The SMILES string of the molecule is CC1(C)O[C@H]2[C@H](C=C(COC3CCCCO3)[C@H]2O)O1. The molecule has 4 atom stereocenters. The summed E-state index contributed by atoms with van der Waals surface area (Å²) in [7, 11) is 0. The predicted octanol–water partition coefficient (Wildman–Crippen LogP) is 1.35. The molecule has 0 bridgehead atoms. The second-order valence-corrected chi connectivity index (χ2v) is 5.86. The van der Waals surface area contributed by atoms with Crippen LogP contribution in [0.4, 0.5) is 0 Å². The molecule has 108 valence electrons. The van der Waals surface area contributed by atoms with Gasteiger partial charge < -0.3 is 24.1 Å². The van der Waals surface area contributed by atoms with Crippen molar-refractivity contribution in [2.45, 2.75) is 63.5 Å². The van der Waals surface area contributed by atoms with Gasteiger partial charge in [0.1, 0.15) is 18.3 Å². The highest BCUT2D eigenvalue weighted by Crippen LogP contribution is 2.37. The zero-order valence-electron chi connectivity index (χ0n) is 11.5. The summed E-state index contributed by atoms with van der Waals surface area (Å²) in [5.41, 5.74) is 0.833. The summed E-state index contributed by atoms with van der Waals surface area (Å²) in [6.45, 7) is 4.86. The summed E-state index contributed by atoms with van der Waals surface area (Å²) in [5.74, 6) is -0.619. The van der Waals surface area contributed by atoms with Crippen LogP contribution in [0.5, 0.6) is 0 Å². The first-order valence-corrected chi connectivity index (χ1v) is 7.03. The van der Waals surface area contributed by atoms with Crippen molar-refractivity contribution in [3.8, 4) is 0 Å². The Morgan fingerprint density at radius 1 is 1.37 bits per heavy atom. The molecule has 3 rings (SSSR count). The highest BCUT2D eigenvalue weighted by atomic mass is 16.8. The first-order valence-electron chi connectivity index (χ1n) is 7.03. The molecule has 0 aromatic carbocycles. The van der Waals surface area contributed by atoms with Gasteiger partial charge in [0.2, 0.25) is 0 Å². The average Bonchev–Trinajstić information content (AvgIpc) is 2.83. The summed E-state index contributed by atoms with van der Waals surface area (Å²) >= 11 is 0. The van der Waals surface area contributed by atoms with E-state index in [1.807, 2.05) is 19.9 Å². The molecule has 1 N–H and O–H groups in total. The fourth-order valence-electron chi connectivity index (χ4n) is 2.88. The van der Waals surface area contributed by atoms with Gasteiger partial charge in [-0.05, 0) is 44.8 Å². The van der Waals surface area contributed by atoms with Crippen molar-refractivity contribution in [3.63, 3.8) is 0 Å². The van der Waals surface area contributed by atoms with Crippen molar-refractivity contribution >= 4 is 0 Å². The van der Waals surface area contributed by atoms with Crippen LogP contribution in [0, 0.1) is 0 Å². The van der Waals surface area contributed by atoms with Crippen LogP contribution in [-0.2, 0) is 18.9 Å². The van der Waals surface area contributed by atoms with Crippen molar-refractivity contribution in [2.24, 2.45) is 0 Å². The van der Waals surface area contributed by atoms with Crippen molar-refractivity contribution in [2.75, 3.05) is 13.2 Å². The average molecular weight is 270 g/mol. The Labute approximate surface area is 113 Å². The maximum Gasteiger partial charge on any atom is 0.164 e. The smallest absolute Gasteiger partial charge is 0.164 e. The minimum Gasteiger partial charge on any atom is -0.386 e. The fraction of sp³-hybridized carbons (Fsp3) is 0.857. The van der Waals surface area contributed by atoms with Gasteiger partial charge >= 0.3 is 0 Å². The van der Waals surface area contributed by atoms with Gasteiger partial charge in [-0.3, -0.25) is 0 Å². The zero-order chi connectivity index (χ0) is 13.5. The van der Waals surface area contributed by atoms with E-state index in [4.69, 9.17) is 18.9 Å². The minimum absolute atomic E-state index is 0.138. The Kier molecular flexibility index (Phi) is 3.66. The number of aliphatic hydroxyl groups excluding tert-OH is 1.